The van der Waals surface area contributed by atoms with Crippen LogP contribution in [-0.4, -0.2) is 27.7 Å². The molecular formula is C13H14BrNO4S2. The third-order valence-electron chi connectivity index (χ3n) is 2.93. The molecule has 21 heavy (non-hydrogen) atoms. The summed E-state index contributed by atoms with van der Waals surface area (Å²) in [5, 5.41) is 9.14. The maximum absolute atomic E-state index is 12.7. The summed E-state index contributed by atoms with van der Waals surface area (Å²) in [6.07, 6.45) is 0. The zero-order valence-electron chi connectivity index (χ0n) is 11.4. The number of anilines is 1. The SMILES string of the molecule is COc1ccccc1N(C)S(=O)(=O)c1cc(CO)sc1Br. The molecule has 0 bridgehead atoms. The van der Waals surface area contributed by atoms with Crippen molar-refractivity contribution in [2.24, 2.45) is 0 Å². The van der Waals surface area contributed by atoms with Gasteiger partial charge in [-0.2, -0.15) is 0 Å². The highest BCUT2D eigenvalue weighted by Crippen LogP contribution is 2.36. The molecule has 114 valence electrons. The van der Waals surface area contributed by atoms with E-state index in [2.05, 4.69) is 15.9 Å². The molecule has 0 unspecified atom stereocenters. The van der Waals surface area contributed by atoms with E-state index in [4.69, 9.17) is 9.84 Å². The molecule has 1 heterocycles. The Balaban J connectivity index is 2.50. The van der Waals surface area contributed by atoms with Crippen LogP contribution in [0.2, 0.25) is 0 Å². The minimum atomic E-state index is -3.74. The van der Waals surface area contributed by atoms with Gasteiger partial charge in [0.05, 0.1) is 23.2 Å². The van der Waals surface area contributed by atoms with Gasteiger partial charge in [0.1, 0.15) is 10.6 Å². The van der Waals surface area contributed by atoms with Crippen LogP contribution in [0.5, 0.6) is 5.75 Å². The number of rotatable bonds is 5. The lowest BCUT2D eigenvalue weighted by Crippen LogP contribution is -2.26. The Labute approximate surface area is 136 Å². The Morgan fingerprint density at radius 3 is 2.62 bits per heavy atom. The largest absolute Gasteiger partial charge is 0.495 e. The first-order chi connectivity index (χ1) is 9.91. The van der Waals surface area contributed by atoms with E-state index < -0.39 is 10.0 Å². The fourth-order valence-corrected chi connectivity index (χ4v) is 5.52. The summed E-state index contributed by atoms with van der Waals surface area (Å²) in [6, 6.07) is 8.35. The van der Waals surface area contributed by atoms with Gasteiger partial charge in [0, 0.05) is 11.9 Å². The van der Waals surface area contributed by atoms with E-state index in [0.29, 0.717) is 20.1 Å². The van der Waals surface area contributed by atoms with E-state index in [-0.39, 0.29) is 11.5 Å². The lowest BCUT2D eigenvalue weighted by atomic mass is 10.3. The van der Waals surface area contributed by atoms with E-state index >= 15 is 0 Å². The van der Waals surface area contributed by atoms with E-state index in [0.717, 1.165) is 0 Å². The molecule has 0 aliphatic carbocycles. The number of hydrogen-bond acceptors (Lipinski definition) is 5. The van der Waals surface area contributed by atoms with E-state index in [1.54, 1.807) is 24.3 Å². The summed E-state index contributed by atoms with van der Waals surface area (Å²) in [4.78, 5) is 0.707. The van der Waals surface area contributed by atoms with Gasteiger partial charge in [0.25, 0.3) is 10.0 Å². The van der Waals surface area contributed by atoms with Crippen LogP contribution in [-0.2, 0) is 16.6 Å². The van der Waals surface area contributed by atoms with Gasteiger partial charge in [-0.05, 0) is 34.1 Å². The molecule has 0 amide bonds. The van der Waals surface area contributed by atoms with E-state index in [9.17, 15) is 8.42 Å². The second-order valence-electron chi connectivity index (χ2n) is 4.15. The molecule has 0 atom stereocenters. The molecule has 1 N–H and O–H groups in total. The molecule has 1 aromatic carbocycles. The quantitative estimate of drug-likeness (QED) is 0.850. The summed E-state index contributed by atoms with van der Waals surface area (Å²) in [5.74, 6) is 0.470. The van der Waals surface area contributed by atoms with Crippen molar-refractivity contribution in [3.05, 3.63) is 39.0 Å². The molecule has 0 aliphatic rings. The van der Waals surface area contributed by atoms with Gasteiger partial charge in [-0.1, -0.05) is 12.1 Å². The predicted molar refractivity (Wildman–Crippen MR) is 86.5 cm³/mol. The average Bonchev–Trinajstić information content (AvgIpc) is 2.88. The second kappa shape index (κ2) is 6.35. The van der Waals surface area contributed by atoms with Gasteiger partial charge in [0.2, 0.25) is 0 Å². The van der Waals surface area contributed by atoms with E-state index in [1.807, 2.05) is 0 Å². The molecule has 1 aromatic heterocycles. The van der Waals surface area contributed by atoms with Crippen LogP contribution in [0.1, 0.15) is 4.88 Å². The number of halogens is 1. The summed E-state index contributed by atoms with van der Waals surface area (Å²) in [6.45, 7) is -0.197. The normalized spacial score (nSPS) is 11.4. The van der Waals surface area contributed by atoms with Crippen LogP contribution < -0.4 is 9.04 Å². The minimum Gasteiger partial charge on any atom is -0.495 e. The molecular weight excluding hydrogens is 378 g/mol. The number of methoxy groups -OCH3 is 1. The standard InChI is InChI=1S/C13H14BrNO4S2/c1-15(10-5-3-4-6-11(10)19-2)21(17,18)12-7-9(8-16)20-13(12)14/h3-7,16H,8H2,1-2H3. The Hall–Kier alpha value is -1.09. The highest BCUT2D eigenvalue weighted by Gasteiger charge is 2.27. The summed E-state index contributed by atoms with van der Waals surface area (Å²) in [7, 11) is -0.781. The zero-order chi connectivity index (χ0) is 15.6. The van der Waals surface area contributed by atoms with Crippen LogP contribution >= 0.6 is 27.3 Å². The second-order valence-corrected chi connectivity index (χ2v) is 8.55. The average molecular weight is 392 g/mol. The van der Waals surface area contributed by atoms with Crippen LogP contribution in [0.3, 0.4) is 0 Å². The molecule has 0 spiro atoms. The van der Waals surface area contributed by atoms with Crippen molar-refractivity contribution in [3.63, 3.8) is 0 Å². The van der Waals surface area contributed by atoms with Crippen LogP contribution in [0.15, 0.2) is 39.0 Å². The van der Waals surface area contributed by atoms with Crippen molar-refractivity contribution in [1.29, 1.82) is 0 Å². The molecule has 0 fully saturated rings. The topological polar surface area (TPSA) is 66.8 Å². The zero-order valence-corrected chi connectivity index (χ0v) is 14.6. The van der Waals surface area contributed by atoms with Crippen molar-refractivity contribution in [2.45, 2.75) is 11.5 Å². The van der Waals surface area contributed by atoms with Crippen LogP contribution in [0.25, 0.3) is 0 Å². The fraction of sp³-hybridized carbons (Fsp3) is 0.231. The molecule has 0 saturated carbocycles. The van der Waals surface area contributed by atoms with Gasteiger partial charge >= 0.3 is 0 Å². The Morgan fingerprint density at radius 2 is 2.05 bits per heavy atom. The fourth-order valence-electron chi connectivity index (χ4n) is 1.82. The lowest BCUT2D eigenvalue weighted by Gasteiger charge is -2.21. The van der Waals surface area contributed by atoms with Crippen molar-refractivity contribution >= 4 is 43.0 Å². The molecule has 0 aliphatic heterocycles. The predicted octanol–water partition coefficient (Wildman–Crippen LogP) is 2.84. The van der Waals surface area contributed by atoms with Crippen molar-refractivity contribution in [2.75, 3.05) is 18.5 Å². The first-order valence-corrected chi connectivity index (χ1v) is 8.97. The number of para-hydroxylation sites is 2. The van der Waals surface area contributed by atoms with Gasteiger partial charge < -0.3 is 9.84 Å². The third-order valence-corrected chi connectivity index (χ3v) is 6.93. The number of thiophene rings is 1. The molecule has 0 radical (unpaired) electrons. The third kappa shape index (κ3) is 3.08. The maximum Gasteiger partial charge on any atom is 0.266 e. The first kappa shape index (κ1) is 16.3. The smallest absolute Gasteiger partial charge is 0.266 e. The minimum absolute atomic E-state index is 0.130. The number of ether oxygens (including phenoxy) is 1. The highest BCUT2D eigenvalue weighted by atomic mass is 79.9. The number of aliphatic hydroxyl groups excluding tert-OH is 1. The Bertz CT molecular complexity index is 742. The van der Waals surface area contributed by atoms with Crippen LogP contribution in [0, 0.1) is 0 Å². The van der Waals surface area contributed by atoms with Gasteiger partial charge in [0.15, 0.2) is 0 Å². The molecule has 0 saturated heterocycles. The molecule has 2 aromatic rings. The van der Waals surface area contributed by atoms with Gasteiger partial charge in [-0.15, -0.1) is 11.3 Å². The van der Waals surface area contributed by atoms with Gasteiger partial charge in [-0.25, -0.2) is 8.42 Å². The molecule has 5 nitrogen and oxygen atoms in total. The van der Waals surface area contributed by atoms with Crippen LogP contribution in [0.4, 0.5) is 5.69 Å². The van der Waals surface area contributed by atoms with Crippen molar-refractivity contribution in [1.82, 2.24) is 0 Å². The monoisotopic (exact) mass is 391 g/mol. The number of aliphatic hydroxyl groups is 1. The van der Waals surface area contributed by atoms with Crippen molar-refractivity contribution in [3.8, 4) is 5.75 Å². The number of hydrogen-bond donors (Lipinski definition) is 1. The van der Waals surface area contributed by atoms with Gasteiger partial charge in [-0.3, -0.25) is 4.31 Å². The first-order valence-electron chi connectivity index (χ1n) is 5.92. The maximum atomic E-state index is 12.7. The summed E-state index contributed by atoms with van der Waals surface area (Å²) >= 11 is 4.43. The Kier molecular flexibility index (Phi) is 4.92. The molecule has 8 heteroatoms. The Morgan fingerprint density at radius 1 is 1.38 bits per heavy atom. The van der Waals surface area contributed by atoms with Crippen molar-refractivity contribution < 1.29 is 18.3 Å². The molecule has 2 rings (SSSR count). The lowest BCUT2D eigenvalue weighted by molar-refractivity contribution is 0.285. The number of nitrogens with zero attached hydrogens (tertiary/aromatic N) is 1. The number of sulfonamides is 1. The summed E-state index contributed by atoms with van der Waals surface area (Å²) in [5.41, 5.74) is 0.448. The number of benzene rings is 1. The summed E-state index contributed by atoms with van der Waals surface area (Å²) < 4.78 is 32.3. The highest BCUT2D eigenvalue weighted by molar-refractivity contribution is 9.11. The van der Waals surface area contributed by atoms with E-state index in [1.165, 1.54) is 35.9 Å².